The van der Waals surface area contributed by atoms with Crippen molar-refractivity contribution in [3.63, 3.8) is 0 Å². The van der Waals surface area contributed by atoms with Crippen LogP contribution >= 0.6 is 0 Å². The molecule has 0 rings (SSSR count). The van der Waals surface area contributed by atoms with Crippen molar-refractivity contribution in [3.05, 3.63) is 0 Å². The van der Waals surface area contributed by atoms with Gasteiger partial charge in [-0.25, -0.2) is 0 Å². The number of alkyl halides is 3. The summed E-state index contributed by atoms with van der Waals surface area (Å²) in [5.41, 5.74) is 0. The number of hydrogen-bond donors (Lipinski definition) is 2. The smallest absolute Gasteiger partial charge is 0.381 e. The molecule has 0 aromatic heterocycles. The highest BCUT2D eigenvalue weighted by Crippen LogP contribution is 2.26. The van der Waals surface area contributed by atoms with Gasteiger partial charge in [-0.1, -0.05) is 20.3 Å². The highest BCUT2D eigenvalue weighted by molar-refractivity contribution is 4.78. The number of rotatable bonds is 4. The van der Waals surface area contributed by atoms with E-state index in [1.165, 1.54) is 6.92 Å². The zero-order valence-electron chi connectivity index (χ0n) is 7.15. The van der Waals surface area contributed by atoms with E-state index in [2.05, 4.69) is 0 Å². The Balaban J connectivity index is 4.22. The molecule has 0 heterocycles. The summed E-state index contributed by atoms with van der Waals surface area (Å²) in [6, 6.07) is -1.60. The minimum absolute atomic E-state index is 0.428. The van der Waals surface area contributed by atoms with Crippen LogP contribution in [0.15, 0.2) is 0 Å². The lowest BCUT2D eigenvalue weighted by Crippen LogP contribution is -2.47. The fraction of sp³-hybridized carbons (Fsp3) is 1.00. The van der Waals surface area contributed by atoms with Crippen LogP contribution in [0.4, 0.5) is 13.2 Å². The van der Waals surface area contributed by atoms with Crippen molar-refractivity contribution >= 4 is 0 Å². The van der Waals surface area contributed by atoms with Crippen LogP contribution in [-0.2, 0) is 0 Å². The summed E-state index contributed by atoms with van der Waals surface area (Å²) in [7, 11) is 0. The topological polar surface area (TPSA) is 32.3 Å². The van der Waals surface area contributed by atoms with Gasteiger partial charge in [0.05, 0.1) is 6.73 Å². The average Bonchev–Trinajstić information content (AvgIpc) is 1.96. The van der Waals surface area contributed by atoms with Gasteiger partial charge >= 0.3 is 6.18 Å². The van der Waals surface area contributed by atoms with E-state index < -0.39 is 24.9 Å². The van der Waals surface area contributed by atoms with Gasteiger partial charge in [-0.3, -0.25) is 5.32 Å². The zero-order valence-corrected chi connectivity index (χ0v) is 7.15. The van der Waals surface area contributed by atoms with Crippen LogP contribution in [0.5, 0.6) is 0 Å². The highest BCUT2D eigenvalue weighted by atomic mass is 19.4. The summed E-state index contributed by atoms with van der Waals surface area (Å²) in [5, 5.41) is 10.3. The molecule has 0 fully saturated rings. The standard InChI is InChI=1S/C7H14F3NO/c1-3-5(2)6(11-4-12)7(8,9)10/h5-6,11-12H,3-4H2,1-2H3/t5-,6?/m0/s1. The second kappa shape index (κ2) is 4.67. The molecular weight excluding hydrogens is 171 g/mol. The molecule has 0 aromatic rings. The first kappa shape index (κ1) is 11.7. The molecule has 0 aliphatic heterocycles. The summed E-state index contributed by atoms with van der Waals surface area (Å²) in [5.74, 6) is -0.517. The summed E-state index contributed by atoms with van der Waals surface area (Å²) in [6.45, 7) is 2.54. The van der Waals surface area contributed by atoms with Crippen LogP contribution in [-0.4, -0.2) is 24.1 Å². The zero-order chi connectivity index (χ0) is 9.78. The molecule has 2 atom stereocenters. The van der Waals surface area contributed by atoms with Crippen molar-refractivity contribution in [2.75, 3.05) is 6.73 Å². The van der Waals surface area contributed by atoms with E-state index in [4.69, 9.17) is 5.11 Å². The Morgan fingerprint density at radius 1 is 1.42 bits per heavy atom. The largest absolute Gasteiger partial charge is 0.404 e. The van der Waals surface area contributed by atoms with Gasteiger partial charge in [0, 0.05) is 0 Å². The molecule has 0 bridgehead atoms. The Bertz CT molecular complexity index is 126. The van der Waals surface area contributed by atoms with Crippen LogP contribution in [0.25, 0.3) is 0 Å². The maximum absolute atomic E-state index is 12.2. The van der Waals surface area contributed by atoms with Gasteiger partial charge in [-0.05, 0) is 5.92 Å². The summed E-state index contributed by atoms with van der Waals surface area (Å²) >= 11 is 0. The molecule has 0 amide bonds. The van der Waals surface area contributed by atoms with Crippen LogP contribution in [0.2, 0.25) is 0 Å². The fourth-order valence-corrected chi connectivity index (χ4v) is 0.974. The molecule has 1 unspecified atom stereocenters. The van der Waals surface area contributed by atoms with E-state index in [0.717, 1.165) is 0 Å². The second-order valence-corrected chi connectivity index (χ2v) is 2.77. The van der Waals surface area contributed by atoms with Crippen LogP contribution in [0.3, 0.4) is 0 Å². The van der Waals surface area contributed by atoms with Crippen molar-refractivity contribution in [1.82, 2.24) is 5.32 Å². The Labute approximate surface area is 69.8 Å². The molecular formula is C7H14F3NO. The molecule has 0 aliphatic rings. The number of hydrogen-bond acceptors (Lipinski definition) is 2. The van der Waals surface area contributed by atoms with Crippen LogP contribution < -0.4 is 5.32 Å². The monoisotopic (exact) mass is 185 g/mol. The van der Waals surface area contributed by atoms with E-state index in [-0.39, 0.29) is 0 Å². The Morgan fingerprint density at radius 3 is 2.17 bits per heavy atom. The Kier molecular flexibility index (Phi) is 4.55. The van der Waals surface area contributed by atoms with Crippen molar-refractivity contribution in [1.29, 1.82) is 0 Å². The number of halogens is 3. The van der Waals surface area contributed by atoms with Gasteiger partial charge in [0.1, 0.15) is 6.04 Å². The van der Waals surface area contributed by atoms with Crippen molar-refractivity contribution in [2.24, 2.45) is 5.92 Å². The van der Waals surface area contributed by atoms with E-state index in [1.54, 1.807) is 6.92 Å². The molecule has 2 nitrogen and oxygen atoms in total. The average molecular weight is 185 g/mol. The molecule has 0 saturated carbocycles. The summed E-state index contributed by atoms with van der Waals surface area (Å²) < 4.78 is 36.5. The predicted octanol–water partition coefficient (Wildman–Crippen LogP) is 1.50. The van der Waals surface area contributed by atoms with Crippen molar-refractivity contribution < 1.29 is 18.3 Å². The normalized spacial score (nSPS) is 17.5. The lowest BCUT2D eigenvalue weighted by molar-refractivity contribution is -0.169. The predicted molar refractivity (Wildman–Crippen MR) is 39.5 cm³/mol. The number of aliphatic hydroxyl groups is 1. The van der Waals surface area contributed by atoms with Gasteiger partial charge < -0.3 is 5.11 Å². The third-order valence-corrected chi connectivity index (χ3v) is 1.88. The SMILES string of the molecule is CC[C@H](C)C(NCO)C(F)(F)F. The lowest BCUT2D eigenvalue weighted by Gasteiger charge is -2.25. The minimum atomic E-state index is -4.28. The van der Waals surface area contributed by atoms with Crippen LogP contribution in [0, 0.1) is 5.92 Å². The lowest BCUT2D eigenvalue weighted by atomic mass is 9.99. The van der Waals surface area contributed by atoms with E-state index in [1.807, 2.05) is 5.32 Å². The second-order valence-electron chi connectivity index (χ2n) is 2.77. The summed E-state index contributed by atoms with van der Waals surface area (Å²) in [4.78, 5) is 0. The van der Waals surface area contributed by atoms with Gasteiger partial charge in [0.2, 0.25) is 0 Å². The Morgan fingerprint density at radius 2 is 1.92 bits per heavy atom. The molecule has 5 heteroatoms. The van der Waals surface area contributed by atoms with Crippen molar-refractivity contribution in [3.8, 4) is 0 Å². The van der Waals surface area contributed by atoms with Gasteiger partial charge in [-0.2, -0.15) is 13.2 Å². The molecule has 0 aromatic carbocycles. The van der Waals surface area contributed by atoms with Crippen LogP contribution in [0.1, 0.15) is 20.3 Å². The molecule has 0 spiro atoms. The molecule has 2 N–H and O–H groups in total. The quantitative estimate of drug-likeness (QED) is 0.650. The third kappa shape index (κ3) is 3.40. The first-order chi connectivity index (χ1) is 5.43. The molecule has 0 aliphatic carbocycles. The number of nitrogens with one attached hydrogen (secondary N) is 1. The van der Waals surface area contributed by atoms with Gasteiger partial charge in [0.15, 0.2) is 0 Å². The first-order valence-corrected chi connectivity index (χ1v) is 3.84. The van der Waals surface area contributed by atoms with E-state index in [9.17, 15) is 13.2 Å². The Hall–Kier alpha value is -0.290. The maximum Gasteiger partial charge on any atom is 0.404 e. The first-order valence-electron chi connectivity index (χ1n) is 3.84. The van der Waals surface area contributed by atoms with Gasteiger partial charge in [0.25, 0.3) is 0 Å². The summed E-state index contributed by atoms with van der Waals surface area (Å²) in [6.07, 6.45) is -3.85. The maximum atomic E-state index is 12.2. The molecule has 0 saturated heterocycles. The number of aliphatic hydroxyl groups excluding tert-OH is 1. The van der Waals surface area contributed by atoms with E-state index in [0.29, 0.717) is 6.42 Å². The molecule has 12 heavy (non-hydrogen) atoms. The fourth-order valence-electron chi connectivity index (χ4n) is 0.974. The molecule has 0 radical (unpaired) electrons. The van der Waals surface area contributed by atoms with Gasteiger partial charge in [-0.15, -0.1) is 0 Å². The van der Waals surface area contributed by atoms with Crippen molar-refractivity contribution in [2.45, 2.75) is 32.5 Å². The molecule has 74 valence electrons. The van der Waals surface area contributed by atoms with E-state index >= 15 is 0 Å². The highest BCUT2D eigenvalue weighted by Gasteiger charge is 2.41. The minimum Gasteiger partial charge on any atom is -0.381 e. The third-order valence-electron chi connectivity index (χ3n) is 1.88.